The lowest BCUT2D eigenvalue weighted by Gasteiger charge is -2.36. The van der Waals surface area contributed by atoms with Crippen molar-refractivity contribution >= 4 is 34.5 Å². The van der Waals surface area contributed by atoms with Crippen molar-refractivity contribution in [2.24, 2.45) is 0 Å². The van der Waals surface area contributed by atoms with E-state index >= 15 is 0 Å². The first-order chi connectivity index (χ1) is 15.7. The van der Waals surface area contributed by atoms with Gasteiger partial charge in [-0.25, -0.2) is 0 Å². The number of ether oxygens (including phenoxy) is 2. The van der Waals surface area contributed by atoms with E-state index in [1.54, 1.807) is 18.2 Å². The fraction of sp³-hybridized carbons (Fsp3) is 0.250. The van der Waals surface area contributed by atoms with E-state index in [9.17, 15) is 9.59 Å². The van der Waals surface area contributed by atoms with Crippen LogP contribution >= 0.6 is 11.3 Å². The molecule has 0 spiro atoms. The normalized spacial score (nSPS) is 15.4. The fourth-order valence-corrected chi connectivity index (χ4v) is 4.56. The Morgan fingerprint density at radius 1 is 0.875 bits per heavy atom. The summed E-state index contributed by atoms with van der Waals surface area (Å²) in [5, 5.41) is 4.86. The molecule has 1 aromatic heterocycles. The molecule has 0 radical (unpaired) electrons. The summed E-state index contributed by atoms with van der Waals surface area (Å²) in [5.41, 5.74) is 2.32. The van der Waals surface area contributed by atoms with Crippen LogP contribution < -0.4 is 19.7 Å². The van der Waals surface area contributed by atoms with Gasteiger partial charge in [-0.15, -0.1) is 11.3 Å². The Morgan fingerprint density at radius 3 is 2.34 bits per heavy atom. The molecule has 1 N–H and O–H groups in total. The molecule has 0 aliphatic carbocycles. The molecule has 0 unspecified atom stereocenters. The quantitative estimate of drug-likeness (QED) is 0.657. The molecule has 1 fully saturated rings. The van der Waals surface area contributed by atoms with Crippen molar-refractivity contribution in [2.75, 3.05) is 49.6 Å². The summed E-state index contributed by atoms with van der Waals surface area (Å²) < 4.78 is 11.1. The summed E-state index contributed by atoms with van der Waals surface area (Å²) in [6, 6.07) is 16.8. The molecule has 2 amide bonds. The highest BCUT2D eigenvalue weighted by Crippen LogP contribution is 2.31. The summed E-state index contributed by atoms with van der Waals surface area (Å²) in [5.74, 6) is 1.16. The lowest BCUT2D eigenvalue weighted by molar-refractivity contribution is 0.0751. The van der Waals surface area contributed by atoms with Crippen molar-refractivity contribution in [1.29, 1.82) is 0 Å². The van der Waals surface area contributed by atoms with E-state index in [1.165, 1.54) is 11.3 Å². The molecule has 1 saturated heterocycles. The van der Waals surface area contributed by atoms with Gasteiger partial charge < -0.3 is 24.6 Å². The Morgan fingerprint density at radius 2 is 1.62 bits per heavy atom. The number of hydrogen-bond donors (Lipinski definition) is 1. The van der Waals surface area contributed by atoms with Crippen LogP contribution in [0.3, 0.4) is 0 Å². The summed E-state index contributed by atoms with van der Waals surface area (Å²) in [6.07, 6.45) is 0. The van der Waals surface area contributed by atoms with Crippen molar-refractivity contribution in [2.45, 2.75) is 0 Å². The van der Waals surface area contributed by atoms with Crippen LogP contribution in [0.25, 0.3) is 0 Å². The molecule has 7 nitrogen and oxygen atoms in total. The van der Waals surface area contributed by atoms with Gasteiger partial charge in [0.1, 0.15) is 13.2 Å². The van der Waals surface area contributed by atoms with Crippen LogP contribution in [0.4, 0.5) is 11.4 Å². The summed E-state index contributed by atoms with van der Waals surface area (Å²) >= 11 is 1.48. The smallest absolute Gasteiger partial charge is 0.264 e. The standard InChI is InChI=1S/C24H23N3O4S/c28-23(17-3-8-20-21(16-17)31-14-13-30-20)25-18-4-6-19(7-5-18)26-9-11-27(12-10-26)24(29)22-2-1-15-32-22/h1-8,15-16H,9-14H2,(H,25,28). The molecular weight excluding hydrogens is 426 g/mol. The van der Waals surface area contributed by atoms with Crippen molar-refractivity contribution in [1.82, 2.24) is 4.90 Å². The monoisotopic (exact) mass is 449 g/mol. The number of benzene rings is 2. The maximum atomic E-state index is 12.6. The second kappa shape index (κ2) is 8.92. The van der Waals surface area contributed by atoms with E-state index in [4.69, 9.17) is 9.47 Å². The van der Waals surface area contributed by atoms with Gasteiger partial charge in [-0.2, -0.15) is 0 Å². The van der Waals surface area contributed by atoms with E-state index in [2.05, 4.69) is 10.2 Å². The zero-order valence-corrected chi connectivity index (χ0v) is 18.3. The number of nitrogens with zero attached hydrogens (tertiary/aromatic N) is 2. The number of fused-ring (bicyclic) bond motifs is 1. The lowest BCUT2D eigenvalue weighted by atomic mass is 10.1. The minimum atomic E-state index is -0.199. The third-order valence-corrected chi connectivity index (χ3v) is 6.45. The van der Waals surface area contributed by atoms with Gasteiger partial charge in [0.25, 0.3) is 11.8 Å². The van der Waals surface area contributed by atoms with Gasteiger partial charge in [0.2, 0.25) is 0 Å². The Bertz CT molecular complexity index is 1110. The van der Waals surface area contributed by atoms with Crippen LogP contribution in [-0.4, -0.2) is 56.1 Å². The molecular formula is C24H23N3O4S. The van der Waals surface area contributed by atoms with Crippen molar-refractivity contribution in [3.63, 3.8) is 0 Å². The second-order valence-electron chi connectivity index (χ2n) is 7.62. The number of rotatable bonds is 4. The van der Waals surface area contributed by atoms with Gasteiger partial charge in [0.05, 0.1) is 4.88 Å². The highest BCUT2D eigenvalue weighted by atomic mass is 32.1. The van der Waals surface area contributed by atoms with Crippen LogP contribution in [0.2, 0.25) is 0 Å². The van der Waals surface area contributed by atoms with E-state index in [0.29, 0.717) is 43.4 Å². The van der Waals surface area contributed by atoms with Gasteiger partial charge >= 0.3 is 0 Å². The van der Waals surface area contributed by atoms with Crippen molar-refractivity contribution in [3.05, 3.63) is 70.4 Å². The second-order valence-corrected chi connectivity index (χ2v) is 8.56. The van der Waals surface area contributed by atoms with Crippen LogP contribution in [0.15, 0.2) is 60.0 Å². The number of amides is 2. The topological polar surface area (TPSA) is 71.1 Å². The SMILES string of the molecule is O=C(Nc1ccc(N2CCN(C(=O)c3cccs3)CC2)cc1)c1ccc2c(c1)OCCO2. The molecule has 164 valence electrons. The number of thiophene rings is 1. The largest absolute Gasteiger partial charge is 0.486 e. The summed E-state index contributed by atoms with van der Waals surface area (Å²) in [4.78, 5) is 30.1. The molecule has 3 aromatic rings. The average molecular weight is 450 g/mol. The number of nitrogens with one attached hydrogen (secondary N) is 1. The molecule has 32 heavy (non-hydrogen) atoms. The summed E-state index contributed by atoms with van der Waals surface area (Å²) in [6.45, 7) is 3.94. The highest BCUT2D eigenvalue weighted by molar-refractivity contribution is 7.12. The van der Waals surface area contributed by atoms with Gasteiger partial charge in [0, 0.05) is 43.1 Å². The molecule has 0 bridgehead atoms. The maximum Gasteiger partial charge on any atom is 0.264 e. The maximum absolute atomic E-state index is 12.6. The molecule has 5 rings (SSSR count). The van der Waals surface area contributed by atoms with E-state index in [-0.39, 0.29) is 11.8 Å². The molecule has 2 aliphatic rings. The first-order valence-corrected chi connectivity index (χ1v) is 11.4. The Kier molecular flexibility index (Phi) is 5.68. The number of carbonyl (C=O) groups is 2. The zero-order valence-electron chi connectivity index (χ0n) is 17.5. The molecule has 0 saturated carbocycles. The first-order valence-electron chi connectivity index (χ1n) is 10.6. The molecule has 8 heteroatoms. The summed E-state index contributed by atoms with van der Waals surface area (Å²) in [7, 11) is 0. The lowest BCUT2D eigenvalue weighted by Crippen LogP contribution is -2.48. The molecule has 2 aliphatic heterocycles. The number of carbonyl (C=O) groups excluding carboxylic acids is 2. The van der Waals surface area contributed by atoms with Crippen LogP contribution in [0.5, 0.6) is 11.5 Å². The van der Waals surface area contributed by atoms with E-state index in [0.717, 1.165) is 29.3 Å². The average Bonchev–Trinajstić information content (AvgIpc) is 3.39. The van der Waals surface area contributed by atoms with Crippen molar-refractivity contribution < 1.29 is 19.1 Å². The predicted molar refractivity (Wildman–Crippen MR) is 124 cm³/mol. The van der Waals surface area contributed by atoms with Crippen LogP contribution in [-0.2, 0) is 0 Å². The number of piperazine rings is 1. The van der Waals surface area contributed by atoms with Gasteiger partial charge in [0.15, 0.2) is 11.5 Å². The van der Waals surface area contributed by atoms with E-state index in [1.807, 2.05) is 46.7 Å². The molecule has 0 atom stereocenters. The minimum absolute atomic E-state index is 0.108. The first kappa shape index (κ1) is 20.4. The fourth-order valence-electron chi connectivity index (χ4n) is 3.87. The van der Waals surface area contributed by atoms with Gasteiger partial charge in [-0.1, -0.05) is 6.07 Å². The molecule has 2 aromatic carbocycles. The van der Waals surface area contributed by atoms with Crippen LogP contribution in [0, 0.1) is 0 Å². The Labute approximate surface area is 190 Å². The Hall–Kier alpha value is -3.52. The van der Waals surface area contributed by atoms with Crippen LogP contribution in [0.1, 0.15) is 20.0 Å². The highest BCUT2D eigenvalue weighted by Gasteiger charge is 2.23. The van der Waals surface area contributed by atoms with Gasteiger partial charge in [-0.3, -0.25) is 9.59 Å². The number of hydrogen-bond acceptors (Lipinski definition) is 6. The Balaban J connectivity index is 1.18. The van der Waals surface area contributed by atoms with E-state index < -0.39 is 0 Å². The molecule has 3 heterocycles. The predicted octanol–water partition coefficient (Wildman–Crippen LogP) is 3.73. The van der Waals surface area contributed by atoms with Crippen molar-refractivity contribution in [3.8, 4) is 11.5 Å². The zero-order chi connectivity index (χ0) is 21.9. The minimum Gasteiger partial charge on any atom is -0.486 e. The third-order valence-electron chi connectivity index (χ3n) is 5.59. The third kappa shape index (κ3) is 4.27. The van der Waals surface area contributed by atoms with Gasteiger partial charge in [-0.05, 0) is 53.9 Å². The number of anilines is 2.